The van der Waals surface area contributed by atoms with E-state index in [0.29, 0.717) is 24.4 Å². The van der Waals surface area contributed by atoms with Crippen molar-refractivity contribution in [1.82, 2.24) is 10.1 Å². The zero-order valence-corrected chi connectivity index (χ0v) is 21.1. The van der Waals surface area contributed by atoms with Crippen LogP contribution in [0.25, 0.3) is 10.8 Å². The SMILES string of the molecule is Cc1ccc(S(=O)(=O)N/N=C2\C[C@H](CN[C@H](C)c3cccc4ccccc34)Oc3ccccc32)cc1. The van der Waals surface area contributed by atoms with E-state index in [1.165, 1.54) is 16.3 Å². The summed E-state index contributed by atoms with van der Waals surface area (Å²) in [5.74, 6) is 0.696. The minimum Gasteiger partial charge on any atom is -0.488 e. The molecule has 0 unspecified atom stereocenters. The molecule has 6 nitrogen and oxygen atoms in total. The molecule has 7 heteroatoms. The lowest BCUT2D eigenvalue weighted by Gasteiger charge is -2.28. The van der Waals surface area contributed by atoms with Crippen molar-refractivity contribution in [2.24, 2.45) is 5.10 Å². The van der Waals surface area contributed by atoms with Gasteiger partial charge < -0.3 is 10.1 Å². The molecule has 0 bridgehead atoms. The summed E-state index contributed by atoms with van der Waals surface area (Å²) in [6.07, 6.45) is 0.280. The second kappa shape index (κ2) is 10.1. The molecule has 184 valence electrons. The Morgan fingerprint density at radius 3 is 2.50 bits per heavy atom. The molecule has 0 amide bonds. The number of sulfonamides is 1. The number of ether oxygens (including phenoxy) is 1. The molecule has 0 spiro atoms. The Labute approximate surface area is 212 Å². The van der Waals surface area contributed by atoms with Crippen LogP contribution < -0.4 is 14.9 Å². The maximum atomic E-state index is 12.8. The maximum absolute atomic E-state index is 12.8. The third-order valence-electron chi connectivity index (χ3n) is 6.49. The molecular weight excluding hydrogens is 470 g/mol. The van der Waals surface area contributed by atoms with Crippen molar-refractivity contribution < 1.29 is 13.2 Å². The van der Waals surface area contributed by atoms with Gasteiger partial charge in [-0.3, -0.25) is 0 Å². The molecule has 4 aromatic carbocycles. The van der Waals surface area contributed by atoms with Gasteiger partial charge in [0.15, 0.2) is 0 Å². The number of rotatable bonds is 7. The van der Waals surface area contributed by atoms with Gasteiger partial charge in [0.2, 0.25) is 0 Å². The topological polar surface area (TPSA) is 79.8 Å². The minimum atomic E-state index is -3.77. The molecule has 1 heterocycles. The Kier molecular flexibility index (Phi) is 6.76. The van der Waals surface area contributed by atoms with Crippen molar-refractivity contribution in [2.45, 2.75) is 37.3 Å². The molecule has 0 aromatic heterocycles. The standard InChI is InChI=1S/C29H29N3O3S/c1-20-14-16-24(17-15-20)36(33,34)32-31-28-18-23(35-29-13-6-5-11-27(28)29)19-30-21(2)25-12-7-9-22-8-3-4-10-26(22)25/h3-17,21,23,30,32H,18-19H2,1-2H3/b31-28+/t21-,23-/m1/s1. The maximum Gasteiger partial charge on any atom is 0.276 e. The molecular formula is C29H29N3O3S. The fourth-order valence-electron chi connectivity index (χ4n) is 4.51. The van der Waals surface area contributed by atoms with E-state index in [1.54, 1.807) is 24.3 Å². The summed E-state index contributed by atoms with van der Waals surface area (Å²) >= 11 is 0. The van der Waals surface area contributed by atoms with Crippen LogP contribution in [0.5, 0.6) is 5.75 Å². The van der Waals surface area contributed by atoms with Crippen LogP contribution in [0.1, 0.15) is 36.1 Å². The zero-order valence-electron chi connectivity index (χ0n) is 20.3. The number of fused-ring (bicyclic) bond motifs is 2. The molecule has 0 radical (unpaired) electrons. The fourth-order valence-corrected chi connectivity index (χ4v) is 5.34. The zero-order chi connectivity index (χ0) is 25.1. The summed E-state index contributed by atoms with van der Waals surface area (Å²) < 4.78 is 31.8. The Bertz CT molecular complexity index is 1510. The highest BCUT2D eigenvalue weighted by Gasteiger charge is 2.26. The van der Waals surface area contributed by atoms with Crippen LogP contribution >= 0.6 is 0 Å². The van der Waals surface area contributed by atoms with Gasteiger partial charge in [0.05, 0.1) is 10.6 Å². The van der Waals surface area contributed by atoms with E-state index < -0.39 is 10.0 Å². The quantitative estimate of drug-likeness (QED) is 0.337. The third kappa shape index (κ3) is 5.12. The summed E-state index contributed by atoms with van der Waals surface area (Å²) in [5.41, 5.74) is 3.66. The van der Waals surface area contributed by atoms with Gasteiger partial charge >= 0.3 is 0 Å². The first kappa shape index (κ1) is 24.0. The highest BCUT2D eigenvalue weighted by molar-refractivity contribution is 7.89. The van der Waals surface area contributed by atoms with Crippen molar-refractivity contribution >= 4 is 26.5 Å². The molecule has 0 saturated heterocycles. The van der Waals surface area contributed by atoms with Crippen LogP contribution in [-0.4, -0.2) is 26.8 Å². The Balaban J connectivity index is 1.33. The molecule has 0 fully saturated rings. The summed E-state index contributed by atoms with van der Waals surface area (Å²) in [4.78, 5) is 2.60. The first-order valence-electron chi connectivity index (χ1n) is 12.0. The average Bonchev–Trinajstić information content (AvgIpc) is 2.90. The van der Waals surface area contributed by atoms with Crippen molar-refractivity contribution in [2.75, 3.05) is 6.54 Å². The Morgan fingerprint density at radius 2 is 1.67 bits per heavy atom. The molecule has 4 aromatic rings. The predicted molar refractivity (Wildman–Crippen MR) is 144 cm³/mol. The number of para-hydroxylation sites is 1. The highest BCUT2D eigenvalue weighted by Crippen LogP contribution is 2.29. The molecule has 1 aliphatic heterocycles. The van der Waals surface area contributed by atoms with E-state index in [9.17, 15) is 8.42 Å². The predicted octanol–water partition coefficient (Wildman–Crippen LogP) is 5.33. The van der Waals surface area contributed by atoms with Crippen LogP contribution in [-0.2, 0) is 10.0 Å². The summed E-state index contributed by atoms with van der Waals surface area (Å²) in [6.45, 7) is 4.64. The monoisotopic (exact) mass is 499 g/mol. The van der Waals surface area contributed by atoms with E-state index in [2.05, 4.69) is 58.6 Å². The second-order valence-corrected chi connectivity index (χ2v) is 10.8. The lowest BCUT2D eigenvalue weighted by molar-refractivity contribution is 0.194. The second-order valence-electron chi connectivity index (χ2n) is 9.10. The number of hydrazone groups is 1. The highest BCUT2D eigenvalue weighted by atomic mass is 32.2. The van der Waals surface area contributed by atoms with E-state index in [0.717, 1.165) is 11.1 Å². The molecule has 0 saturated carbocycles. The van der Waals surface area contributed by atoms with E-state index in [1.807, 2.05) is 37.3 Å². The van der Waals surface area contributed by atoms with Gasteiger partial charge in [-0.15, -0.1) is 0 Å². The van der Waals surface area contributed by atoms with Crippen molar-refractivity contribution in [3.05, 3.63) is 108 Å². The van der Waals surface area contributed by atoms with Crippen LogP contribution in [0.2, 0.25) is 0 Å². The molecule has 5 rings (SSSR count). The normalized spacial score (nSPS) is 17.4. The fraction of sp³-hybridized carbons (Fsp3) is 0.207. The third-order valence-corrected chi connectivity index (χ3v) is 7.71. The Morgan fingerprint density at radius 1 is 0.944 bits per heavy atom. The summed E-state index contributed by atoms with van der Waals surface area (Å²) in [7, 11) is -3.77. The van der Waals surface area contributed by atoms with Crippen molar-refractivity contribution in [1.29, 1.82) is 0 Å². The first-order valence-corrected chi connectivity index (χ1v) is 13.5. The summed E-state index contributed by atoms with van der Waals surface area (Å²) in [6, 6.07) is 29.1. The number of aryl methyl sites for hydroxylation is 1. The Hall–Kier alpha value is -3.68. The number of benzene rings is 4. The lowest BCUT2D eigenvalue weighted by atomic mass is 9.98. The van der Waals surface area contributed by atoms with Gasteiger partial charge in [-0.2, -0.15) is 18.4 Å². The summed E-state index contributed by atoms with van der Waals surface area (Å²) in [5, 5.41) is 10.4. The van der Waals surface area contributed by atoms with Crippen molar-refractivity contribution in [3.8, 4) is 5.75 Å². The minimum absolute atomic E-state index is 0.109. The molecule has 0 aliphatic carbocycles. The smallest absolute Gasteiger partial charge is 0.276 e. The lowest BCUT2D eigenvalue weighted by Crippen LogP contribution is -2.38. The van der Waals surface area contributed by atoms with Gasteiger partial charge in [-0.1, -0.05) is 72.3 Å². The molecule has 1 aliphatic rings. The number of hydrogen-bond donors (Lipinski definition) is 2. The van der Waals surface area contributed by atoms with E-state index >= 15 is 0 Å². The first-order chi connectivity index (χ1) is 17.4. The van der Waals surface area contributed by atoms with Gasteiger partial charge in [0.25, 0.3) is 10.0 Å². The van der Waals surface area contributed by atoms with Gasteiger partial charge in [0, 0.05) is 24.6 Å². The van der Waals surface area contributed by atoms with E-state index in [-0.39, 0.29) is 17.0 Å². The number of nitrogens with zero attached hydrogens (tertiary/aromatic N) is 1. The van der Waals surface area contributed by atoms with Crippen LogP contribution in [0.15, 0.2) is 101 Å². The number of hydrogen-bond acceptors (Lipinski definition) is 5. The van der Waals surface area contributed by atoms with Crippen LogP contribution in [0, 0.1) is 6.92 Å². The van der Waals surface area contributed by atoms with Gasteiger partial charge in [-0.25, -0.2) is 0 Å². The van der Waals surface area contributed by atoms with Gasteiger partial charge in [0.1, 0.15) is 11.9 Å². The number of nitrogens with one attached hydrogen (secondary N) is 2. The van der Waals surface area contributed by atoms with Crippen LogP contribution in [0.4, 0.5) is 0 Å². The largest absolute Gasteiger partial charge is 0.488 e. The van der Waals surface area contributed by atoms with E-state index in [4.69, 9.17) is 4.74 Å². The van der Waals surface area contributed by atoms with Crippen molar-refractivity contribution in [3.63, 3.8) is 0 Å². The average molecular weight is 500 g/mol. The van der Waals surface area contributed by atoms with Crippen LogP contribution in [0.3, 0.4) is 0 Å². The molecule has 36 heavy (non-hydrogen) atoms. The molecule has 2 N–H and O–H groups in total. The van der Waals surface area contributed by atoms with Gasteiger partial charge in [-0.05, 0) is 54.4 Å². The molecule has 2 atom stereocenters.